The molecule has 1 aromatic rings. The number of carbonyl (C=O) groups excluding carboxylic acids is 1. The van der Waals surface area contributed by atoms with Crippen LogP contribution in [-0.2, 0) is 21.2 Å². The monoisotopic (exact) mass is 325 g/mol. The summed E-state index contributed by atoms with van der Waals surface area (Å²) < 4.78 is 22.7. The highest BCUT2D eigenvalue weighted by Gasteiger charge is 2.23. The summed E-state index contributed by atoms with van der Waals surface area (Å²) in [6.07, 6.45) is 6.46. The van der Waals surface area contributed by atoms with Gasteiger partial charge in [-0.15, -0.1) is 0 Å². The van der Waals surface area contributed by atoms with Gasteiger partial charge in [0.1, 0.15) is 11.1 Å². The van der Waals surface area contributed by atoms with Gasteiger partial charge in [-0.25, -0.2) is 13.4 Å². The van der Waals surface area contributed by atoms with Crippen molar-refractivity contribution in [3.05, 3.63) is 23.9 Å². The summed E-state index contributed by atoms with van der Waals surface area (Å²) in [5.41, 5.74) is 0.856. The molecule has 0 saturated carbocycles. The minimum atomic E-state index is -3.36. The van der Waals surface area contributed by atoms with Crippen LogP contribution < -0.4 is 10.2 Å². The molecule has 22 heavy (non-hydrogen) atoms. The van der Waals surface area contributed by atoms with Crippen molar-refractivity contribution in [1.29, 1.82) is 0 Å². The van der Waals surface area contributed by atoms with Crippen molar-refractivity contribution >= 4 is 21.6 Å². The molecule has 1 aliphatic rings. The summed E-state index contributed by atoms with van der Waals surface area (Å²) in [6, 6.07) is 3.87. The van der Waals surface area contributed by atoms with Gasteiger partial charge in [-0.1, -0.05) is 6.07 Å². The van der Waals surface area contributed by atoms with E-state index in [4.69, 9.17) is 0 Å². The maximum Gasteiger partial charge on any atom is 0.238 e. The number of aromatic nitrogens is 1. The van der Waals surface area contributed by atoms with Gasteiger partial charge in [-0.2, -0.15) is 0 Å². The fourth-order valence-electron chi connectivity index (χ4n) is 2.36. The second-order valence-corrected chi connectivity index (χ2v) is 8.13. The van der Waals surface area contributed by atoms with Gasteiger partial charge in [0.05, 0.1) is 0 Å². The molecule has 0 aromatic carbocycles. The lowest BCUT2D eigenvalue weighted by Crippen LogP contribution is -2.37. The minimum absolute atomic E-state index is 0.284. The summed E-state index contributed by atoms with van der Waals surface area (Å²) in [4.78, 5) is 18.5. The standard InChI is InChI=1S/C15H23N3O3S/c1-12(22(2,20)21)15(19)17-11-13-6-7-14(16-10-13)18-8-4-3-5-9-18/h6-7,10,12H,3-5,8-9,11H2,1-2H3,(H,17,19)/t12-/m1/s1. The second kappa shape index (κ2) is 7.09. The maximum atomic E-state index is 11.8. The van der Waals surface area contributed by atoms with E-state index in [9.17, 15) is 13.2 Å². The summed E-state index contributed by atoms with van der Waals surface area (Å²) >= 11 is 0. The van der Waals surface area contributed by atoms with Crippen molar-refractivity contribution in [2.45, 2.75) is 38.0 Å². The van der Waals surface area contributed by atoms with Crippen LogP contribution in [-0.4, -0.2) is 43.9 Å². The van der Waals surface area contributed by atoms with Gasteiger partial charge in [-0.05, 0) is 37.8 Å². The zero-order valence-corrected chi connectivity index (χ0v) is 13.9. The molecule has 0 radical (unpaired) electrons. The number of hydrogen-bond donors (Lipinski definition) is 1. The van der Waals surface area contributed by atoms with E-state index < -0.39 is 21.0 Å². The molecular formula is C15H23N3O3S. The number of anilines is 1. The first kappa shape index (κ1) is 16.7. The molecule has 1 aromatic heterocycles. The summed E-state index contributed by atoms with van der Waals surface area (Å²) in [6.45, 7) is 3.75. The highest BCUT2D eigenvalue weighted by atomic mass is 32.2. The van der Waals surface area contributed by atoms with E-state index in [1.54, 1.807) is 6.20 Å². The molecule has 2 rings (SSSR count). The second-order valence-electron chi connectivity index (χ2n) is 5.76. The fraction of sp³-hybridized carbons (Fsp3) is 0.600. The Morgan fingerprint density at radius 2 is 2.00 bits per heavy atom. The van der Waals surface area contributed by atoms with Gasteiger partial charge in [0, 0.05) is 32.1 Å². The molecule has 122 valence electrons. The quantitative estimate of drug-likeness (QED) is 0.877. The highest BCUT2D eigenvalue weighted by Crippen LogP contribution is 2.17. The van der Waals surface area contributed by atoms with E-state index in [0.717, 1.165) is 30.7 Å². The maximum absolute atomic E-state index is 11.8. The number of sulfone groups is 1. The summed E-state index contributed by atoms with van der Waals surface area (Å²) in [5, 5.41) is 1.60. The molecule has 0 unspecified atom stereocenters. The molecule has 1 N–H and O–H groups in total. The summed E-state index contributed by atoms with van der Waals surface area (Å²) in [7, 11) is -3.36. The van der Waals surface area contributed by atoms with Crippen molar-refractivity contribution in [2.75, 3.05) is 24.2 Å². The fourth-order valence-corrected chi connectivity index (χ4v) is 2.83. The van der Waals surface area contributed by atoms with Crippen LogP contribution in [0.2, 0.25) is 0 Å². The molecule has 6 nitrogen and oxygen atoms in total. The molecule has 1 saturated heterocycles. The Kier molecular flexibility index (Phi) is 5.39. The Hall–Kier alpha value is -1.63. The van der Waals surface area contributed by atoms with Crippen molar-refractivity contribution in [3.8, 4) is 0 Å². The van der Waals surface area contributed by atoms with Crippen LogP contribution in [0.4, 0.5) is 5.82 Å². The Morgan fingerprint density at radius 3 is 2.55 bits per heavy atom. The highest BCUT2D eigenvalue weighted by molar-refractivity contribution is 7.92. The van der Waals surface area contributed by atoms with E-state index in [2.05, 4.69) is 15.2 Å². The van der Waals surface area contributed by atoms with Gasteiger partial charge >= 0.3 is 0 Å². The SMILES string of the molecule is C[C@H](C(=O)NCc1ccc(N2CCCCC2)nc1)S(C)(=O)=O. The Balaban J connectivity index is 1.90. The van der Waals surface area contributed by atoms with Crippen LogP contribution in [0, 0.1) is 0 Å². The van der Waals surface area contributed by atoms with E-state index >= 15 is 0 Å². The molecule has 1 aliphatic heterocycles. The zero-order valence-electron chi connectivity index (χ0n) is 13.1. The Labute approximate surface area is 131 Å². The third kappa shape index (κ3) is 4.43. The average Bonchev–Trinajstić information content (AvgIpc) is 2.52. The lowest BCUT2D eigenvalue weighted by molar-refractivity contribution is -0.120. The number of piperidine rings is 1. The largest absolute Gasteiger partial charge is 0.357 e. The molecular weight excluding hydrogens is 302 g/mol. The molecule has 1 amide bonds. The Bertz CT molecular complexity index is 607. The van der Waals surface area contributed by atoms with Crippen LogP contribution >= 0.6 is 0 Å². The number of carbonyl (C=O) groups is 1. The molecule has 0 bridgehead atoms. The van der Waals surface area contributed by atoms with Crippen molar-refractivity contribution in [1.82, 2.24) is 10.3 Å². The first-order valence-corrected chi connectivity index (χ1v) is 9.50. The number of amides is 1. The molecule has 1 atom stereocenters. The minimum Gasteiger partial charge on any atom is -0.357 e. The van der Waals surface area contributed by atoms with Crippen molar-refractivity contribution in [3.63, 3.8) is 0 Å². The number of rotatable bonds is 5. The van der Waals surface area contributed by atoms with Crippen LogP contribution in [0.3, 0.4) is 0 Å². The third-order valence-electron chi connectivity index (χ3n) is 3.97. The number of nitrogens with zero attached hydrogens (tertiary/aromatic N) is 2. The van der Waals surface area contributed by atoms with Crippen molar-refractivity contribution < 1.29 is 13.2 Å². The van der Waals surface area contributed by atoms with Crippen LogP contribution in [0.5, 0.6) is 0 Å². The first-order chi connectivity index (χ1) is 10.4. The Morgan fingerprint density at radius 1 is 1.32 bits per heavy atom. The molecule has 0 aliphatic carbocycles. The van der Waals surface area contributed by atoms with E-state index in [-0.39, 0.29) is 6.54 Å². The van der Waals surface area contributed by atoms with Gasteiger partial charge in [-0.3, -0.25) is 4.79 Å². The van der Waals surface area contributed by atoms with Gasteiger partial charge in [0.2, 0.25) is 5.91 Å². The van der Waals surface area contributed by atoms with E-state index in [1.807, 2.05) is 12.1 Å². The number of nitrogens with one attached hydrogen (secondary N) is 1. The van der Waals surface area contributed by atoms with Gasteiger partial charge in [0.25, 0.3) is 0 Å². The number of hydrogen-bond acceptors (Lipinski definition) is 5. The molecule has 0 spiro atoms. The normalized spacial score (nSPS) is 17.1. The average molecular weight is 325 g/mol. The van der Waals surface area contributed by atoms with Gasteiger partial charge < -0.3 is 10.2 Å². The third-order valence-corrected chi connectivity index (χ3v) is 5.47. The first-order valence-electron chi connectivity index (χ1n) is 7.54. The predicted octanol–water partition coefficient (Wildman–Crippen LogP) is 1.12. The molecule has 2 heterocycles. The lowest BCUT2D eigenvalue weighted by Gasteiger charge is -2.27. The molecule has 7 heteroatoms. The molecule has 1 fully saturated rings. The summed E-state index contributed by atoms with van der Waals surface area (Å²) in [5.74, 6) is 0.474. The van der Waals surface area contributed by atoms with Crippen molar-refractivity contribution in [2.24, 2.45) is 0 Å². The van der Waals surface area contributed by atoms with Crippen LogP contribution in [0.25, 0.3) is 0 Å². The van der Waals surface area contributed by atoms with E-state index in [1.165, 1.54) is 26.2 Å². The predicted molar refractivity (Wildman–Crippen MR) is 86.5 cm³/mol. The smallest absolute Gasteiger partial charge is 0.238 e. The number of pyridine rings is 1. The van der Waals surface area contributed by atoms with E-state index in [0.29, 0.717) is 0 Å². The zero-order chi connectivity index (χ0) is 16.2. The topological polar surface area (TPSA) is 79.4 Å². The lowest BCUT2D eigenvalue weighted by atomic mass is 10.1. The van der Waals surface area contributed by atoms with Crippen LogP contribution in [0.15, 0.2) is 18.3 Å². The van der Waals surface area contributed by atoms with Crippen LogP contribution in [0.1, 0.15) is 31.7 Å². The van der Waals surface area contributed by atoms with Gasteiger partial charge in [0.15, 0.2) is 9.84 Å².